The summed E-state index contributed by atoms with van der Waals surface area (Å²) in [5.74, 6) is -1.02. The molecule has 1 aromatic carbocycles. The maximum Gasteiger partial charge on any atom is 0.320 e. The number of carboxylic acids is 1. The lowest BCUT2D eigenvalue weighted by atomic mass is 10.1. The zero-order valence-corrected chi connectivity index (χ0v) is 11.3. The Balaban J connectivity index is 2.62. The number of nitrogens with two attached hydrogens (primary N) is 1. The molecule has 0 aliphatic carbocycles. The number of benzene rings is 1. The van der Waals surface area contributed by atoms with Crippen molar-refractivity contribution in [2.24, 2.45) is 5.73 Å². The molecule has 0 saturated carbocycles. The van der Waals surface area contributed by atoms with E-state index in [1.807, 2.05) is 0 Å². The largest absolute Gasteiger partial charge is 0.480 e. The molecule has 0 aliphatic rings. The highest BCUT2D eigenvalue weighted by Gasteiger charge is 2.11. The normalized spacial score (nSPS) is 14.0. The van der Waals surface area contributed by atoms with Gasteiger partial charge in [-0.15, -0.1) is 0 Å². The first-order valence-corrected chi connectivity index (χ1v) is 7.25. The second-order valence-electron chi connectivity index (χ2n) is 3.40. The van der Waals surface area contributed by atoms with Gasteiger partial charge in [0.2, 0.25) is 0 Å². The Morgan fingerprint density at radius 2 is 2.06 bits per heavy atom. The number of hydrogen-bond acceptors (Lipinski definition) is 3. The van der Waals surface area contributed by atoms with E-state index in [-0.39, 0.29) is 6.42 Å². The summed E-state index contributed by atoms with van der Waals surface area (Å²) < 4.78 is 14.3. The molecule has 0 saturated heterocycles. The molecule has 1 rings (SSSR count). The number of alkyl halides is 1. The predicted octanol–water partition coefficient (Wildman–Crippen LogP) is 1.07. The second-order valence-corrected chi connectivity index (χ2v) is 5.89. The molecule has 1 aromatic rings. The summed E-state index contributed by atoms with van der Waals surface area (Å²) in [4.78, 5) is 10.6. The maximum atomic E-state index is 11.2. The van der Waals surface area contributed by atoms with E-state index < -0.39 is 23.0 Å². The maximum absolute atomic E-state index is 11.2. The topological polar surface area (TPSA) is 92.4 Å². The Bertz CT molecular complexity index is 411. The Labute approximate surface area is 110 Å². The fourth-order valence-electron chi connectivity index (χ4n) is 1.21. The lowest BCUT2D eigenvalue weighted by Gasteiger charge is -2.08. The van der Waals surface area contributed by atoms with Crippen LogP contribution in [0.25, 0.3) is 0 Å². The van der Waals surface area contributed by atoms with Crippen molar-refractivity contribution >= 4 is 38.6 Å². The van der Waals surface area contributed by atoms with Crippen LogP contribution in [0, 0.1) is 0 Å². The molecule has 2 atom stereocenters. The van der Waals surface area contributed by atoms with Crippen LogP contribution in [0.5, 0.6) is 0 Å². The number of anilines is 1. The van der Waals surface area contributed by atoms with Crippen LogP contribution in [-0.2, 0) is 22.2 Å². The fourth-order valence-corrected chi connectivity index (χ4v) is 2.01. The van der Waals surface area contributed by atoms with E-state index in [2.05, 4.69) is 20.7 Å². The second kappa shape index (κ2) is 6.73. The Morgan fingerprint density at radius 3 is 2.53 bits per heavy atom. The van der Waals surface area contributed by atoms with Gasteiger partial charge in [-0.1, -0.05) is 28.1 Å². The Kier molecular flexibility index (Phi) is 5.60. The third kappa shape index (κ3) is 4.84. The molecule has 0 radical (unpaired) electrons. The summed E-state index contributed by atoms with van der Waals surface area (Å²) in [5.41, 5.74) is 6.97. The summed E-state index contributed by atoms with van der Waals surface area (Å²) in [6, 6.07) is 6.10. The molecule has 0 aromatic heterocycles. The fraction of sp³-hybridized carbons (Fsp3) is 0.300. The molecular formula is C10H13BrN2O3S. The van der Waals surface area contributed by atoms with Crippen LogP contribution in [0.3, 0.4) is 0 Å². The van der Waals surface area contributed by atoms with E-state index in [9.17, 15) is 9.00 Å². The number of halogens is 1. The lowest BCUT2D eigenvalue weighted by molar-refractivity contribution is -0.138. The Hall–Kier alpha value is -0.920. The van der Waals surface area contributed by atoms with Crippen LogP contribution in [-0.4, -0.2) is 26.0 Å². The van der Waals surface area contributed by atoms with Crippen molar-refractivity contribution in [2.75, 3.05) is 9.38 Å². The van der Waals surface area contributed by atoms with Gasteiger partial charge in [-0.25, -0.2) is 4.21 Å². The van der Waals surface area contributed by atoms with E-state index in [0.29, 0.717) is 4.66 Å². The summed E-state index contributed by atoms with van der Waals surface area (Å²) in [6.07, 6.45) is 0.275. The number of rotatable bonds is 6. The van der Waals surface area contributed by atoms with Crippen molar-refractivity contribution in [3.63, 3.8) is 0 Å². The third-order valence-electron chi connectivity index (χ3n) is 2.06. The number of nitrogens with one attached hydrogen (secondary N) is 1. The molecule has 1 unspecified atom stereocenters. The monoisotopic (exact) mass is 320 g/mol. The predicted molar refractivity (Wildman–Crippen MR) is 71.3 cm³/mol. The van der Waals surface area contributed by atoms with Crippen molar-refractivity contribution < 1.29 is 14.1 Å². The average molecular weight is 321 g/mol. The summed E-state index contributed by atoms with van der Waals surface area (Å²) >= 11 is 3.09. The van der Waals surface area contributed by atoms with Gasteiger partial charge in [0.15, 0.2) is 0 Å². The first-order chi connectivity index (χ1) is 8.02. The van der Waals surface area contributed by atoms with Crippen molar-refractivity contribution in [3.8, 4) is 0 Å². The molecule has 7 heteroatoms. The van der Waals surface area contributed by atoms with Gasteiger partial charge in [-0.3, -0.25) is 4.79 Å². The van der Waals surface area contributed by atoms with Gasteiger partial charge in [0, 0.05) is 5.69 Å². The van der Waals surface area contributed by atoms with E-state index in [4.69, 9.17) is 10.8 Å². The van der Waals surface area contributed by atoms with Crippen LogP contribution in [0.4, 0.5) is 5.69 Å². The van der Waals surface area contributed by atoms with Crippen LogP contribution in [0.15, 0.2) is 24.3 Å². The minimum Gasteiger partial charge on any atom is -0.480 e. The zero-order valence-electron chi connectivity index (χ0n) is 8.93. The first kappa shape index (κ1) is 14.1. The smallest absolute Gasteiger partial charge is 0.320 e. The van der Waals surface area contributed by atoms with Gasteiger partial charge in [0.05, 0.1) is 4.66 Å². The van der Waals surface area contributed by atoms with Crippen molar-refractivity contribution in [3.05, 3.63) is 29.8 Å². The van der Waals surface area contributed by atoms with Gasteiger partial charge >= 0.3 is 5.97 Å². The minimum atomic E-state index is -1.15. The zero-order chi connectivity index (χ0) is 12.8. The average Bonchev–Trinajstić information content (AvgIpc) is 2.31. The van der Waals surface area contributed by atoms with Gasteiger partial charge < -0.3 is 15.6 Å². The molecule has 0 heterocycles. The van der Waals surface area contributed by atoms with Gasteiger partial charge in [-0.05, 0) is 24.1 Å². The van der Waals surface area contributed by atoms with Crippen molar-refractivity contribution in [2.45, 2.75) is 12.5 Å². The quantitative estimate of drug-likeness (QED) is 0.683. The van der Waals surface area contributed by atoms with E-state index in [1.54, 1.807) is 24.3 Å². The van der Waals surface area contributed by atoms with Crippen molar-refractivity contribution in [1.29, 1.82) is 0 Å². The SMILES string of the molecule is N[C@@H](Cc1ccc(NS(=O)CBr)cc1)C(=O)O. The minimum absolute atomic E-state index is 0.275. The van der Waals surface area contributed by atoms with Crippen LogP contribution >= 0.6 is 15.9 Å². The molecule has 5 nitrogen and oxygen atoms in total. The standard InChI is InChI=1S/C10H13BrN2O3S/c11-6-17(16)13-8-3-1-7(2-4-8)5-9(12)10(14)15/h1-4,9,13H,5-6,12H2,(H,14,15)/t9-,17?/m0/s1. The van der Waals surface area contributed by atoms with Crippen LogP contribution in [0.2, 0.25) is 0 Å². The van der Waals surface area contributed by atoms with E-state index in [0.717, 1.165) is 11.3 Å². The highest BCUT2D eigenvalue weighted by molar-refractivity contribution is 9.10. The molecule has 94 valence electrons. The van der Waals surface area contributed by atoms with Crippen LogP contribution < -0.4 is 10.5 Å². The molecule has 17 heavy (non-hydrogen) atoms. The summed E-state index contributed by atoms with van der Waals surface area (Å²) in [5, 5.41) is 8.67. The number of carboxylic acid groups (broad SMARTS) is 1. The molecule has 0 spiro atoms. The van der Waals surface area contributed by atoms with Crippen LogP contribution in [0.1, 0.15) is 5.56 Å². The number of hydrogen-bond donors (Lipinski definition) is 3. The first-order valence-electron chi connectivity index (χ1n) is 4.81. The van der Waals surface area contributed by atoms with Gasteiger partial charge in [0.1, 0.15) is 17.0 Å². The molecular weight excluding hydrogens is 308 g/mol. The number of carbonyl (C=O) groups is 1. The molecule has 0 bridgehead atoms. The lowest BCUT2D eigenvalue weighted by Crippen LogP contribution is -2.32. The third-order valence-corrected chi connectivity index (χ3v) is 3.97. The molecule has 0 aliphatic heterocycles. The highest BCUT2D eigenvalue weighted by atomic mass is 79.9. The highest BCUT2D eigenvalue weighted by Crippen LogP contribution is 2.12. The summed E-state index contributed by atoms with van der Waals surface area (Å²) in [6.45, 7) is 0. The summed E-state index contributed by atoms with van der Waals surface area (Å²) in [7, 11) is -1.15. The van der Waals surface area contributed by atoms with E-state index >= 15 is 0 Å². The van der Waals surface area contributed by atoms with E-state index in [1.165, 1.54) is 0 Å². The van der Waals surface area contributed by atoms with Gasteiger partial charge in [0.25, 0.3) is 0 Å². The van der Waals surface area contributed by atoms with Gasteiger partial charge in [-0.2, -0.15) is 0 Å². The molecule has 0 fully saturated rings. The Morgan fingerprint density at radius 1 is 1.47 bits per heavy atom. The molecule has 0 amide bonds. The number of aliphatic carboxylic acids is 1. The molecule has 4 N–H and O–H groups in total. The van der Waals surface area contributed by atoms with Crippen molar-refractivity contribution in [1.82, 2.24) is 0 Å².